The number of rotatable bonds is 5. The van der Waals surface area contributed by atoms with Crippen molar-refractivity contribution in [2.75, 3.05) is 38.7 Å². The number of carbonyl (C=O) groups excluding carboxylic acids is 2. The average Bonchev–Trinajstić information content (AvgIpc) is 2.81. The Kier molecular flexibility index (Phi) is 6.65. The molecule has 1 atom stereocenters. The number of amides is 1. The molecule has 4 rings (SSSR count). The van der Waals surface area contributed by atoms with Gasteiger partial charge in [-0.15, -0.1) is 0 Å². The maximum Gasteiger partial charge on any atom is 0.414 e. The molecular weight excluding hydrogens is 451 g/mol. The maximum atomic E-state index is 12.5. The van der Waals surface area contributed by atoms with Gasteiger partial charge in [0.2, 0.25) is 0 Å². The number of benzene rings is 2. The van der Waals surface area contributed by atoms with Gasteiger partial charge in [0.25, 0.3) is 0 Å². The molecule has 0 aliphatic carbocycles. The van der Waals surface area contributed by atoms with E-state index >= 15 is 0 Å². The first-order chi connectivity index (χ1) is 15.3. The second-order valence-corrected chi connectivity index (χ2v) is 9.13. The van der Waals surface area contributed by atoms with Gasteiger partial charge in [-0.1, -0.05) is 47.5 Å². The number of hydrogen-bond acceptors (Lipinski definition) is 5. The summed E-state index contributed by atoms with van der Waals surface area (Å²) in [6, 6.07) is 13.2. The minimum absolute atomic E-state index is 0.296. The van der Waals surface area contributed by atoms with Crippen LogP contribution in [0.5, 0.6) is 0 Å². The standard InChI is InChI=1S/C24H26Cl2N2O4/c1-27-21-6-4-3-5-18(21)24(32-23(27)30)10-13-28(14-11-24)12-9-17(22(29)31-2)16-7-8-19(25)20(26)15-16/h3-8,15,17H,9-14H2,1-2H3. The van der Waals surface area contributed by atoms with Gasteiger partial charge in [0.1, 0.15) is 5.60 Å². The van der Waals surface area contributed by atoms with Crippen molar-refractivity contribution in [1.29, 1.82) is 0 Å². The molecule has 1 unspecified atom stereocenters. The molecule has 2 aromatic carbocycles. The largest absolute Gasteiger partial charge is 0.469 e. The summed E-state index contributed by atoms with van der Waals surface area (Å²) < 4.78 is 11.0. The van der Waals surface area contributed by atoms with Gasteiger partial charge in [0, 0.05) is 38.5 Å². The molecule has 0 radical (unpaired) electrons. The summed E-state index contributed by atoms with van der Waals surface area (Å²) in [6.07, 6.45) is 1.69. The molecule has 0 bridgehead atoms. The van der Waals surface area contributed by atoms with Crippen LogP contribution >= 0.6 is 23.2 Å². The smallest absolute Gasteiger partial charge is 0.414 e. The molecular formula is C24H26Cl2N2O4. The van der Waals surface area contributed by atoms with E-state index in [1.807, 2.05) is 30.3 Å². The van der Waals surface area contributed by atoms with Gasteiger partial charge < -0.3 is 14.4 Å². The Morgan fingerprint density at radius 1 is 1.16 bits per heavy atom. The van der Waals surface area contributed by atoms with Crippen molar-refractivity contribution in [3.8, 4) is 0 Å². The lowest BCUT2D eigenvalue weighted by molar-refractivity contribution is -0.142. The van der Waals surface area contributed by atoms with Gasteiger partial charge in [-0.05, 0) is 36.7 Å². The van der Waals surface area contributed by atoms with Crippen molar-refractivity contribution in [3.63, 3.8) is 0 Å². The van der Waals surface area contributed by atoms with Gasteiger partial charge in [-0.25, -0.2) is 4.79 Å². The quantitative estimate of drug-likeness (QED) is 0.553. The van der Waals surface area contributed by atoms with Crippen LogP contribution in [0.25, 0.3) is 0 Å². The van der Waals surface area contributed by atoms with Gasteiger partial charge in [-0.3, -0.25) is 9.69 Å². The van der Waals surface area contributed by atoms with Crippen LogP contribution in [0.1, 0.15) is 36.3 Å². The zero-order valence-corrected chi connectivity index (χ0v) is 19.7. The zero-order valence-electron chi connectivity index (χ0n) is 18.1. The normalized spacial score (nSPS) is 18.8. The van der Waals surface area contributed by atoms with E-state index in [1.54, 1.807) is 24.1 Å². The molecule has 2 aliphatic heterocycles. The van der Waals surface area contributed by atoms with Gasteiger partial charge >= 0.3 is 12.1 Å². The highest BCUT2D eigenvalue weighted by Crippen LogP contribution is 2.45. The zero-order chi connectivity index (χ0) is 22.9. The number of methoxy groups -OCH3 is 1. The highest BCUT2D eigenvalue weighted by atomic mass is 35.5. The monoisotopic (exact) mass is 476 g/mol. The molecule has 1 spiro atoms. The third-order valence-corrected chi connectivity index (χ3v) is 7.28. The highest BCUT2D eigenvalue weighted by molar-refractivity contribution is 6.42. The molecule has 8 heteroatoms. The van der Waals surface area contributed by atoms with Crippen LogP contribution in [0.15, 0.2) is 42.5 Å². The minimum atomic E-state index is -0.595. The Bertz CT molecular complexity index is 1020. The van der Waals surface area contributed by atoms with Crippen LogP contribution in [-0.2, 0) is 19.9 Å². The van der Waals surface area contributed by atoms with E-state index in [9.17, 15) is 9.59 Å². The fraction of sp³-hybridized carbons (Fsp3) is 0.417. The third-order valence-electron chi connectivity index (χ3n) is 6.54. The molecule has 1 saturated heterocycles. The Balaban J connectivity index is 1.44. The predicted molar refractivity (Wildman–Crippen MR) is 125 cm³/mol. The molecule has 170 valence electrons. The van der Waals surface area contributed by atoms with Crippen molar-refractivity contribution < 1.29 is 19.1 Å². The van der Waals surface area contributed by atoms with Crippen molar-refractivity contribution in [1.82, 2.24) is 4.90 Å². The fourth-order valence-electron chi connectivity index (χ4n) is 4.65. The molecule has 0 N–H and O–H groups in total. The lowest BCUT2D eigenvalue weighted by Gasteiger charge is -2.46. The molecule has 0 aromatic heterocycles. The molecule has 1 fully saturated rings. The molecule has 0 saturated carbocycles. The summed E-state index contributed by atoms with van der Waals surface area (Å²) in [5.74, 6) is -0.720. The van der Waals surface area contributed by atoms with E-state index in [1.165, 1.54) is 7.11 Å². The second-order valence-electron chi connectivity index (χ2n) is 8.32. The van der Waals surface area contributed by atoms with Crippen LogP contribution in [-0.4, -0.2) is 50.8 Å². The Morgan fingerprint density at radius 3 is 2.56 bits per heavy atom. The summed E-state index contributed by atoms with van der Waals surface area (Å²) in [4.78, 5) is 28.8. The van der Waals surface area contributed by atoms with Gasteiger partial charge in [0.05, 0.1) is 28.8 Å². The van der Waals surface area contributed by atoms with E-state index in [-0.39, 0.29) is 12.1 Å². The van der Waals surface area contributed by atoms with E-state index in [4.69, 9.17) is 32.7 Å². The van der Waals surface area contributed by atoms with E-state index in [2.05, 4.69) is 4.90 Å². The van der Waals surface area contributed by atoms with Crippen LogP contribution < -0.4 is 4.90 Å². The summed E-state index contributed by atoms with van der Waals surface area (Å²) in [5, 5.41) is 0.869. The summed E-state index contributed by atoms with van der Waals surface area (Å²) in [7, 11) is 3.13. The van der Waals surface area contributed by atoms with Crippen LogP contribution in [0.3, 0.4) is 0 Å². The van der Waals surface area contributed by atoms with Crippen LogP contribution in [0.4, 0.5) is 10.5 Å². The highest BCUT2D eigenvalue weighted by Gasteiger charge is 2.46. The molecule has 2 aliphatic rings. The Hall–Kier alpha value is -2.28. The third kappa shape index (κ3) is 4.32. The number of ether oxygens (including phenoxy) is 2. The van der Waals surface area contributed by atoms with E-state index in [0.29, 0.717) is 35.9 Å². The summed E-state index contributed by atoms with van der Waals surface area (Å²) >= 11 is 12.2. The maximum absolute atomic E-state index is 12.5. The SMILES string of the molecule is COC(=O)C(CCN1CCC2(CC1)OC(=O)N(C)c1ccccc12)c1ccc(Cl)c(Cl)c1. The number of para-hydroxylation sites is 1. The second kappa shape index (κ2) is 9.30. The number of fused-ring (bicyclic) bond motifs is 2. The lowest BCUT2D eigenvalue weighted by Crippen LogP contribution is -2.50. The fourth-order valence-corrected chi connectivity index (χ4v) is 4.96. The lowest BCUT2D eigenvalue weighted by atomic mass is 9.82. The topological polar surface area (TPSA) is 59.1 Å². The van der Waals surface area contributed by atoms with Crippen molar-refractivity contribution in [2.45, 2.75) is 30.8 Å². The number of anilines is 1. The minimum Gasteiger partial charge on any atom is -0.469 e. The molecule has 2 aromatic rings. The summed E-state index contributed by atoms with van der Waals surface area (Å²) in [5.41, 5.74) is 2.16. The number of carbonyl (C=O) groups is 2. The van der Waals surface area contributed by atoms with Gasteiger partial charge in [-0.2, -0.15) is 0 Å². The molecule has 1 amide bonds. The predicted octanol–water partition coefficient (Wildman–Crippen LogP) is 5.22. The number of esters is 1. The average molecular weight is 477 g/mol. The number of halogens is 2. The van der Waals surface area contributed by atoms with Crippen LogP contribution in [0.2, 0.25) is 10.0 Å². The van der Waals surface area contributed by atoms with Crippen molar-refractivity contribution >= 4 is 41.0 Å². The number of piperidine rings is 1. The molecule has 32 heavy (non-hydrogen) atoms. The van der Waals surface area contributed by atoms with E-state index in [0.717, 1.165) is 29.9 Å². The van der Waals surface area contributed by atoms with Gasteiger partial charge in [0.15, 0.2) is 0 Å². The number of nitrogens with zero attached hydrogens (tertiary/aromatic N) is 2. The number of hydrogen-bond donors (Lipinski definition) is 0. The Morgan fingerprint density at radius 2 is 1.88 bits per heavy atom. The molecule has 6 nitrogen and oxygen atoms in total. The first-order valence-electron chi connectivity index (χ1n) is 10.7. The first kappa shape index (κ1) is 22.9. The first-order valence-corrected chi connectivity index (χ1v) is 11.4. The van der Waals surface area contributed by atoms with Crippen molar-refractivity contribution in [3.05, 3.63) is 63.6 Å². The van der Waals surface area contributed by atoms with Crippen molar-refractivity contribution in [2.24, 2.45) is 0 Å². The van der Waals surface area contributed by atoms with Crippen LogP contribution in [0, 0.1) is 0 Å². The Labute approximate surface area is 198 Å². The molecule has 2 heterocycles. The summed E-state index contributed by atoms with van der Waals surface area (Å²) in [6.45, 7) is 2.24. The van der Waals surface area contributed by atoms with E-state index < -0.39 is 11.5 Å². The number of likely N-dealkylation sites (tertiary alicyclic amines) is 1.